The molecule has 0 amide bonds. The van der Waals surface area contributed by atoms with Crippen molar-refractivity contribution in [2.24, 2.45) is 0 Å². The van der Waals surface area contributed by atoms with Gasteiger partial charge in [-0.2, -0.15) is 0 Å². The van der Waals surface area contributed by atoms with Crippen LogP contribution in [0.4, 0.5) is 0 Å². The highest BCUT2D eigenvalue weighted by Gasteiger charge is 2.02. The van der Waals surface area contributed by atoms with Crippen molar-refractivity contribution in [3.63, 3.8) is 0 Å². The molecule has 1 aromatic heterocycles. The van der Waals surface area contributed by atoms with Crippen LogP contribution in [0.5, 0.6) is 0 Å². The van der Waals surface area contributed by atoms with E-state index < -0.39 is 0 Å². The molecule has 0 spiro atoms. The molecule has 5 heteroatoms. The van der Waals surface area contributed by atoms with Gasteiger partial charge in [-0.1, -0.05) is 6.92 Å². The number of hydrogen-bond donors (Lipinski definition) is 1. The zero-order valence-electron chi connectivity index (χ0n) is 9.78. The number of hydrogen-bond acceptors (Lipinski definition) is 5. The largest absolute Gasteiger partial charge is 0.466 e. The highest BCUT2D eigenvalue weighted by molar-refractivity contribution is 7.11. The summed E-state index contributed by atoms with van der Waals surface area (Å²) in [6.45, 7) is 5.79. The zero-order chi connectivity index (χ0) is 11.8. The van der Waals surface area contributed by atoms with E-state index in [4.69, 9.17) is 4.74 Å². The number of aromatic nitrogens is 1. The summed E-state index contributed by atoms with van der Waals surface area (Å²) < 4.78 is 4.83. The smallest absolute Gasteiger partial charge is 0.307 e. The molecule has 0 atom stereocenters. The van der Waals surface area contributed by atoms with Gasteiger partial charge < -0.3 is 10.1 Å². The van der Waals surface area contributed by atoms with Gasteiger partial charge in [-0.15, -0.1) is 11.3 Å². The summed E-state index contributed by atoms with van der Waals surface area (Å²) in [4.78, 5) is 16.5. The van der Waals surface area contributed by atoms with E-state index in [1.807, 2.05) is 13.1 Å². The van der Waals surface area contributed by atoms with Crippen LogP contribution in [0.2, 0.25) is 0 Å². The summed E-state index contributed by atoms with van der Waals surface area (Å²) in [6, 6.07) is 0. The lowest BCUT2D eigenvalue weighted by molar-refractivity contribution is -0.142. The van der Waals surface area contributed by atoms with Crippen LogP contribution in [0.25, 0.3) is 0 Å². The van der Waals surface area contributed by atoms with E-state index in [9.17, 15) is 4.79 Å². The predicted molar refractivity (Wildman–Crippen MR) is 64.4 cm³/mol. The van der Waals surface area contributed by atoms with Crippen LogP contribution in [-0.4, -0.2) is 24.1 Å². The van der Waals surface area contributed by atoms with Gasteiger partial charge in [-0.05, 0) is 13.3 Å². The predicted octanol–water partition coefficient (Wildman–Crippen LogP) is 1.75. The quantitative estimate of drug-likeness (QED) is 0.584. The third-order valence-electron chi connectivity index (χ3n) is 2.01. The minimum absolute atomic E-state index is 0.145. The van der Waals surface area contributed by atoms with Gasteiger partial charge in [0.2, 0.25) is 0 Å². The van der Waals surface area contributed by atoms with Crippen LogP contribution < -0.4 is 5.32 Å². The van der Waals surface area contributed by atoms with Crippen molar-refractivity contribution >= 4 is 17.3 Å². The molecular weight excluding hydrogens is 224 g/mol. The number of esters is 1. The molecule has 0 aliphatic rings. The van der Waals surface area contributed by atoms with E-state index >= 15 is 0 Å². The second kappa shape index (κ2) is 7.35. The SMILES string of the molecule is CCOC(=O)CCNCc1cnc(CC)s1. The van der Waals surface area contributed by atoms with Gasteiger partial charge in [-0.25, -0.2) is 4.98 Å². The first kappa shape index (κ1) is 13.1. The normalized spacial score (nSPS) is 10.4. The topological polar surface area (TPSA) is 51.2 Å². The summed E-state index contributed by atoms with van der Waals surface area (Å²) in [5.74, 6) is -0.145. The molecule has 1 N–H and O–H groups in total. The van der Waals surface area contributed by atoms with Gasteiger partial charge in [0.25, 0.3) is 0 Å². The Balaban J connectivity index is 2.13. The maximum Gasteiger partial charge on any atom is 0.307 e. The summed E-state index contributed by atoms with van der Waals surface area (Å²) >= 11 is 1.71. The van der Waals surface area contributed by atoms with Gasteiger partial charge >= 0.3 is 5.97 Å². The van der Waals surface area contributed by atoms with E-state index in [1.165, 1.54) is 4.88 Å². The van der Waals surface area contributed by atoms with Crippen LogP contribution >= 0.6 is 11.3 Å². The van der Waals surface area contributed by atoms with Gasteiger partial charge in [0.05, 0.1) is 18.0 Å². The number of carbonyl (C=O) groups is 1. The maximum absolute atomic E-state index is 11.0. The first-order valence-electron chi connectivity index (χ1n) is 5.56. The third-order valence-corrected chi connectivity index (χ3v) is 3.16. The minimum atomic E-state index is -0.145. The fourth-order valence-corrected chi connectivity index (χ4v) is 2.06. The molecule has 0 aromatic carbocycles. The van der Waals surface area contributed by atoms with Crippen molar-refractivity contribution in [3.8, 4) is 0 Å². The molecule has 0 bridgehead atoms. The summed E-state index contributed by atoms with van der Waals surface area (Å²) in [6.07, 6.45) is 3.29. The Kier molecular flexibility index (Phi) is 6.03. The van der Waals surface area contributed by atoms with Gasteiger partial charge in [0.15, 0.2) is 0 Å². The van der Waals surface area contributed by atoms with Gasteiger partial charge in [0, 0.05) is 24.2 Å². The van der Waals surface area contributed by atoms with Crippen molar-refractivity contribution in [2.45, 2.75) is 33.2 Å². The fraction of sp³-hybridized carbons (Fsp3) is 0.636. The summed E-state index contributed by atoms with van der Waals surface area (Å²) in [5, 5.41) is 4.35. The van der Waals surface area contributed by atoms with Crippen LogP contribution in [-0.2, 0) is 22.5 Å². The first-order chi connectivity index (χ1) is 7.76. The molecule has 16 heavy (non-hydrogen) atoms. The van der Waals surface area contributed by atoms with E-state index in [-0.39, 0.29) is 5.97 Å². The Morgan fingerprint density at radius 2 is 2.38 bits per heavy atom. The average molecular weight is 242 g/mol. The molecule has 1 heterocycles. The van der Waals surface area contributed by atoms with Crippen LogP contribution in [0.15, 0.2) is 6.20 Å². The van der Waals surface area contributed by atoms with Crippen molar-refractivity contribution in [3.05, 3.63) is 16.1 Å². The lowest BCUT2D eigenvalue weighted by atomic mass is 10.4. The Morgan fingerprint density at radius 3 is 3.00 bits per heavy atom. The first-order valence-corrected chi connectivity index (χ1v) is 6.37. The van der Waals surface area contributed by atoms with Crippen LogP contribution in [0, 0.1) is 0 Å². The maximum atomic E-state index is 11.0. The number of nitrogens with zero attached hydrogens (tertiary/aromatic N) is 1. The second-order valence-electron chi connectivity index (χ2n) is 3.31. The zero-order valence-corrected chi connectivity index (χ0v) is 10.6. The molecule has 0 unspecified atom stereocenters. The Bertz CT molecular complexity index is 326. The minimum Gasteiger partial charge on any atom is -0.466 e. The number of carbonyl (C=O) groups excluding carboxylic acids is 1. The number of ether oxygens (including phenoxy) is 1. The highest BCUT2D eigenvalue weighted by atomic mass is 32.1. The second-order valence-corrected chi connectivity index (χ2v) is 4.51. The summed E-state index contributed by atoms with van der Waals surface area (Å²) in [7, 11) is 0. The van der Waals surface area contributed by atoms with E-state index in [0.29, 0.717) is 19.6 Å². The number of thiazole rings is 1. The van der Waals surface area contributed by atoms with Gasteiger partial charge in [0.1, 0.15) is 0 Å². The summed E-state index contributed by atoms with van der Waals surface area (Å²) in [5.41, 5.74) is 0. The average Bonchev–Trinajstić information content (AvgIpc) is 2.73. The van der Waals surface area contributed by atoms with Gasteiger partial charge in [-0.3, -0.25) is 4.79 Å². The molecule has 90 valence electrons. The monoisotopic (exact) mass is 242 g/mol. The lowest BCUT2D eigenvalue weighted by Gasteiger charge is -2.02. The lowest BCUT2D eigenvalue weighted by Crippen LogP contribution is -2.18. The van der Waals surface area contributed by atoms with Crippen LogP contribution in [0.1, 0.15) is 30.2 Å². The van der Waals surface area contributed by atoms with Crippen molar-refractivity contribution in [1.82, 2.24) is 10.3 Å². The Morgan fingerprint density at radius 1 is 1.56 bits per heavy atom. The highest BCUT2D eigenvalue weighted by Crippen LogP contribution is 2.12. The molecule has 0 saturated heterocycles. The van der Waals surface area contributed by atoms with Crippen molar-refractivity contribution in [1.29, 1.82) is 0 Å². The van der Waals surface area contributed by atoms with E-state index in [2.05, 4.69) is 17.2 Å². The van der Waals surface area contributed by atoms with Crippen molar-refractivity contribution < 1.29 is 9.53 Å². The standard InChI is InChI=1S/C11H18N2O2S/c1-3-10-13-8-9(16-10)7-12-6-5-11(14)15-4-2/h8,12H,3-7H2,1-2H3. The molecule has 0 aliphatic carbocycles. The van der Waals surface area contributed by atoms with E-state index in [1.54, 1.807) is 11.3 Å². The molecule has 1 aromatic rings. The molecule has 0 aliphatic heterocycles. The molecule has 4 nitrogen and oxygen atoms in total. The van der Waals surface area contributed by atoms with Crippen LogP contribution in [0.3, 0.4) is 0 Å². The molecular formula is C11H18N2O2S. The number of nitrogens with one attached hydrogen (secondary N) is 1. The molecule has 1 rings (SSSR count). The Hall–Kier alpha value is -0.940. The van der Waals surface area contributed by atoms with E-state index in [0.717, 1.165) is 18.0 Å². The third kappa shape index (κ3) is 4.72. The Labute approximate surface area is 100 Å². The number of aryl methyl sites for hydroxylation is 1. The van der Waals surface area contributed by atoms with Crippen molar-refractivity contribution in [2.75, 3.05) is 13.2 Å². The number of rotatable bonds is 7. The molecule has 0 fully saturated rings. The molecule has 0 radical (unpaired) electrons. The molecule has 0 saturated carbocycles. The fourth-order valence-electron chi connectivity index (χ4n) is 1.23.